The number of carbonyl (C=O) groups excluding carboxylic acids is 1. The number of rotatable bonds is 11. The first kappa shape index (κ1) is 24.5. The summed E-state index contributed by atoms with van der Waals surface area (Å²) in [5, 5.41) is 19.4. The van der Waals surface area contributed by atoms with Gasteiger partial charge in [0.05, 0.1) is 12.7 Å². The Morgan fingerprint density at radius 2 is 2.00 bits per heavy atom. The van der Waals surface area contributed by atoms with Crippen LogP contribution in [0.3, 0.4) is 0 Å². The first-order valence-corrected chi connectivity index (χ1v) is 10.8. The molecule has 0 bridgehead atoms. The van der Waals surface area contributed by atoms with Crippen LogP contribution in [0.2, 0.25) is 5.02 Å². The van der Waals surface area contributed by atoms with E-state index in [-0.39, 0.29) is 42.8 Å². The number of carboxylic acids is 1. The van der Waals surface area contributed by atoms with Crippen molar-refractivity contribution in [2.45, 2.75) is 57.1 Å². The Morgan fingerprint density at radius 1 is 1.23 bits per heavy atom. The van der Waals surface area contributed by atoms with Gasteiger partial charge in [-0.25, -0.2) is 0 Å². The van der Waals surface area contributed by atoms with Crippen molar-refractivity contribution in [3.05, 3.63) is 40.9 Å². The number of aliphatic hydroxyl groups is 1. The third kappa shape index (κ3) is 8.17. The first-order chi connectivity index (χ1) is 14.3. The highest BCUT2D eigenvalue weighted by Gasteiger charge is 2.41. The van der Waals surface area contributed by atoms with Gasteiger partial charge in [0, 0.05) is 29.7 Å². The molecule has 0 amide bonds. The maximum Gasteiger partial charge on any atom is 0.303 e. The minimum absolute atomic E-state index is 0.0529. The fraction of sp³-hybridized carbons (Fsp3) is 0.545. The van der Waals surface area contributed by atoms with Crippen molar-refractivity contribution < 1.29 is 29.3 Å². The van der Waals surface area contributed by atoms with E-state index in [2.05, 4.69) is 0 Å². The van der Waals surface area contributed by atoms with Gasteiger partial charge < -0.3 is 19.7 Å². The van der Waals surface area contributed by atoms with Gasteiger partial charge in [-0.3, -0.25) is 9.59 Å². The van der Waals surface area contributed by atoms with Gasteiger partial charge in [0.25, 0.3) is 0 Å². The van der Waals surface area contributed by atoms with Gasteiger partial charge in [-0.15, -0.1) is 11.6 Å². The number of benzene rings is 1. The smallest absolute Gasteiger partial charge is 0.303 e. The molecule has 1 aliphatic carbocycles. The van der Waals surface area contributed by atoms with Crippen molar-refractivity contribution in [3.63, 3.8) is 0 Å². The van der Waals surface area contributed by atoms with Crippen molar-refractivity contribution >= 4 is 35.1 Å². The zero-order valence-electron chi connectivity index (χ0n) is 16.9. The lowest BCUT2D eigenvalue weighted by Crippen LogP contribution is -2.27. The van der Waals surface area contributed by atoms with Crippen molar-refractivity contribution in [1.29, 1.82) is 0 Å². The normalized spacial score (nSPS) is 23.6. The molecule has 1 aromatic carbocycles. The number of hydrogen-bond acceptors (Lipinski definition) is 5. The topological polar surface area (TPSA) is 93.1 Å². The molecule has 30 heavy (non-hydrogen) atoms. The summed E-state index contributed by atoms with van der Waals surface area (Å²) in [5.41, 5.74) is 0.718. The van der Waals surface area contributed by atoms with Crippen LogP contribution in [-0.2, 0) is 20.9 Å². The molecule has 6 nitrogen and oxygen atoms in total. The molecule has 2 N–H and O–H groups in total. The summed E-state index contributed by atoms with van der Waals surface area (Å²) >= 11 is 12.6. The van der Waals surface area contributed by atoms with Crippen molar-refractivity contribution in [1.82, 2.24) is 0 Å². The molecule has 0 aliphatic heterocycles. The number of carbonyl (C=O) groups is 2. The first-order valence-electron chi connectivity index (χ1n) is 10.0. The third-order valence-corrected chi connectivity index (χ3v) is 5.85. The minimum Gasteiger partial charge on any atom is -0.493 e. The maximum atomic E-state index is 11.0. The predicted octanol–water partition coefficient (Wildman–Crippen LogP) is 4.59. The van der Waals surface area contributed by atoms with Crippen LogP contribution in [0.4, 0.5) is 0 Å². The van der Waals surface area contributed by atoms with Crippen LogP contribution >= 0.6 is 23.2 Å². The Labute approximate surface area is 186 Å². The van der Waals surface area contributed by atoms with Gasteiger partial charge in [0.2, 0.25) is 0 Å². The summed E-state index contributed by atoms with van der Waals surface area (Å²) < 4.78 is 10.9. The molecular weight excluding hydrogens is 431 g/mol. The van der Waals surface area contributed by atoms with E-state index in [0.29, 0.717) is 36.5 Å². The molecule has 0 unspecified atom stereocenters. The van der Waals surface area contributed by atoms with Crippen LogP contribution in [-0.4, -0.2) is 40.2 Å². The Bertz CT molecular complexity index is 751. The highest BCUT2D eigenvalue weighted by molar-refractivity contribution is 6.30. The largest absolute Gasteiger partial charge is 0.493 e. The standard InChI is InChI=1S/C22H28Cl2O6/c1-14(25)29-12-15-8-16(23)10-17(9-15)30-13-19-18(20(24)11-21(19)26)6-4-2-3-5-7-22(27)28/h2,4,8-10,18-21,26H,3,5-7,11-13H2,1H3,(H,27,28)/t18-,19-,20+,21-/m1/s1. The monoisotopic (exact) mass is 458 g/mol. The third-order valence-electron chi connectivity index (χ3n) is 5.13. The van der Waals surface area contributed by atoms with Crippen molar-refractivity contribution in [2.24, 2.45) is 11.8 Å². The molecule has 1 fully saturated rings. The van der Waals surface area contributed by atoms with Crippen LogP contribution in [0.5, 0.6) is 5.75 Å². The second kappa shape index (κ2) is 12.2. The lowest BCUT2D eigenvalue weighted by molar-refractivity contribution is -0.142. The summed E-state index contributed by atoms with van der Waals surface area (Å²) in [5.74, 6) is -0.710. The molecule has 1 saturated carbocycles. The fourth-order valence-electron chi connectivity index (χ4n) is 3.60. The van der Waals surface area contributed by atoms with Gasteiger partial charge in [-0.1, -0.05) is 23.8 Å². The van der Waals surface area contributed by atoms with E-state index in [1.165, 1.54) is 6.92 Å². The number of allylic oxidation sites excluding steroid dienone is 2. The molecule has 0 aromatic heterocycles. The molecule has 166 valence electrons. The number of ether oxygens (including phenoxy) is 2. The lowest BCUT2D eigenvalue weighted by Gasteiger charge is -2.23. The van der Waals surface area contributed by atoms with Crippen LogP contribution in [0.1, 0.15) is 44.6 Å². The number of alkyl halides is 1. The quantitative estimate of drug-likeness (QED) is 0.218. The number of halogens is 2. The Balaban J connectivity index is 1.92. The highest BCUT2D eigenvalue weighted by atomic mass is 35.5. The van der Waals surface area contributed by atoms with Crippen LogP contribution in [0.15, 0.2) is 30.4 Å². The molecule has 0 radical (unpaired) electrons. The summed E-state index contributed by atoms with van der Waals surface area (Å²) in [6, 6.07) is 5.13. The summed E-state index contributed by atoms with van der Waals surface area (Å²) in [4.78, 5) is 21.6. The van der Waals surface area contributed by atoms with Gasteiger partial charge in [0.15, 0.2) is 0 Å². The summed E-state index contributed by atoms with van der Waals surface area (Å²) in [6.45, 7) is 1.74. The van der Waals surface area contributed by atoms with E-state index in [0.717, 1.165) is 5.56 Å². The second-order valence-corrected chi connectivity index (χ2v) is 8.52. The van der Waals surface area contributed by atoms with Crippen molar-refractivity contribution in [2.75, 3.05) is 6.61 Å². The zero-order valence-corrected chi connectivity index (χ0v) is 18.4. The maximum absolute atomic E-state index is 11.0. The van der Waals surface area contributed by atoms with E-state index < -0.39 is 12.1 Å². The van der Waals surface area contributed by atoms with E-state index in [9.17, 15) is 14.7 Å². The van der Waals surface area contributed by atoms with Crippen LogP contribution in [0.25, 0.3) is 0 Å². The zero-order chi connectivity index (χ0) is 22.1. The van der Waals surface area contributed by atoms with E-state index >= 15 is 0 Å². The van der Waals surface area contributed by atoms with Gasteiger partial charge in [0.1, 0.15) is 12.4 Å². The van der Waals surface area contributed by atoms with E-state index in [1.807, 2.05) is 12.2 Å². The van der Waals surface area contributed by atoms with E-state index in [4.69, 9.17) is 37.8 Å². The fourth-order valence-corrected chi connectivity index (χ4v) is 4.32. The average Bonchev–Trinajstić information content (AvgIpc) is 2.93. The molecule has 0 heterocycles. The minimum atomic E-state index is -0.794. The Morgan fingerprint density at radius 3 is 2.70 bits per heavy atom. The number of esters is 1. The number of aliphatic hydroxyl groups excluding tert-OH is 1. The number of hydrogen-bond donors (Lipinski definition) is 2. The molecule has 0 saturated heterocycles. The average molecular weight is 459 g/mol. The molecule has 4 atom stereocenters. The Hall–Kier alpha value is -1.76. The molecule has 2 rings (SSSR count). The summed E-state index contributed by atoms with van der Waals surface area (Å²) in [6.07, 6.45) is 6.05. The Kier molecular flexibility index (Phi) is 9.95. The van der Waals surface area contributed by atoms with E-state index in [1.54, 1.807) is 18.2 Å². The number of carboxylic acid groups (broad SMARTS) is 1. The number of aliphatic carboxylic acids is 1. The number of unbranched alkanes of at least 4 members (excludes halogenated alkanes) is 1. The van der Waals surface area contributed by atoms with Crippen molar-refractivity contribution in [3.8, 4) is 5.75 Å². The second-order valence-electron chi connectivity index (χ2n) is 7.53. The molecule has 8 heteroatoms. The molecule has 1 aromatic rings. The SMILES string of the molecule is CC(=O)OCc1cc(Cl)cc(OC[C@@H]2[C@@H](CC=CCCCC(=O)O)[C@@H](Cl)C[C@H]2O)c1. The molecular formula is C22H28Cl2O6. The predicted molar refractivity (Wildman–Crippen MR) is 115 cm³/mol. The summed E-state index contributed by atoms with van der Waals surface area (Å²) in [7, 11) is 0. The lowest BCUT2D eigenvalue weighted by atomic mass is 9.92. The van der Waals surface area contributed by atoms with Crippen LogP contribution < -0.4 is 4.74 Å². The van der Waals surface area contributed by atoms with Crippen LogP contribution in [0, 0.1) is 11.8 Å². The molecule has 1 aliphatic rings. The molecule has 0 spiro atoms. The van der Waals surface area contributed by atoms with Gasteiger partial charge >= 0.3 is 11.9 Å². The van der Waals surface area contributed by atoms with Gasteiger partial charge in [-0.2, -0.15) is 0 Å². The highest BCUT2D eigenvalue weighted by Crippen LogP contribution is 2.39. The van der Waals surface area contributed by atoms with Gasteiger partial charge in [-0.05, 0) is 55.4 Å².